The Kier molecular flexibility index (Phi) is 13.0. The normalized spacial score (nSPS) is 11.7. The maximum Gasteiger partial charge on any atom is 0.0443 e. The van der Waals surface area contributed by atoms with Gasteiger partial charge in [-0.15, -0.1) is 0 Å². The van der Waals surface area contributed by atoms with E-state index in [0.29, 0.717) is 25.7 Å². The topological polar surface area (TPSA) is 87.4 Å². The molecule has 0 saturated heterocycles. The fraction of sp³-hybridized carbons (Fsp3) is 1.00. The highest BCUT2D eigenvalue weighted by atomic mass is 16.3. The molecule has 0 unspecified atom stereocenters. The SMILES string of the molecule is OCCCN(CCCO)N(CCCO)CCCO. The Balaban J connectivity index is 4.27. The van der Waals surface area contributed by atoms with Gasteiger partial charge in [0.25, 0.3) is 0 Å². The lowest BCUT2D eigenvalue weighted by atomic mass is 10.3. The molecule has 6 nitrogen and oxygen atoms in total. The third-order valence-corrected chi connectivity index (χ3v) is 2.70. The molecule has 0 fully saturated rings. The molecule has 0 atom stereocenters. The molecule has 18 heavy (non-hydrogen) atoms. The Morgan fingerprint density at radius 1 is 0.444 bits per heavy atom. The van der Waals surface area contributed by atoms with E-state index in [0.717, 1.165) is 26.2 Å². The fourth-order valence-corrected chi connectivity index (χ4v) is 1.80. The minimum Gasteiger partial charge on any atom is -0.396 e. The van der Waals surface area contributed by atoms with Crippen LogP contribution in [0.5, 0.6) is 0 Å². The summed E-state index contributed by atoms with van der Waals surface area (Å²) in [5.41, 5.74) is 0. The van der Waals surface area contributed by atoms with Crippen molar-refractivity contribution in [2.75, 3.05) is 52.6 Å². The average Bonchev–Trinajstić information content (AvgIpc) is 2.40. The molecule has 0 radical (unpaired) electrons. The van der Waals surface area contributed by atoms with Gasteiger partial charge in [0.05, 0.1) is 0 Å². The lowest BCUT2D eigenvalue weighted by Gasteiger charge is -2.35. The molecular formula is C12H28N2O4. The number of hydrogen-bond acceptors (Lipinski definition) is 6. The standard InChI is InChI=1S/C12H28N2O4/c15-9-1-5-13(6-2-10-16)14(7-3-11-17)8-4-12-18/h15-18H,1-12H2. The second kappa shape index (κ2) is 13.2. The van der Waals surface area contributed by atoms with Gasteiger partial charge in [-0.05, 0) is 25.7 Å². The van der Waals surface area contributed by atoms with Crippen molar-refractivity contribution in [1.82, 2.24) is 10.0 Å². The summed E-state index contributed by atoms with van der Waals surface area (Å²) in [6, 6.07) is 0. The molecular weight excluding hydrogens is 236 g/mol. The van der Waals surface area contributed by atoms with Crippen LogP contribution in [-0.2, 0) is 0 Å². The van der Waals surface area contributed by atoms with Gasteiger partial charge in [0, 0.05) is 52.6 Å². The van der Waals surface area contributed by atoms with Crippen LogP contribution in [0.15, 0.2) is 0 Å². The molecule has 0 aliphatic carbocycles. The molecule has 0 saturated carbocycles. The summed E-state index contributed by atoms with van der Waals surface area (Å²) < 4.78 is 0. The molecule has 0 rings (SSSR count). The van der Waals surface area contributed by atoms with Gasteiger partial charge in [0.2, 0.25) is 0 Å². The van der Waals surface area contributed by atoms with E-state index >= 15 is 0 Å². The van der Waals surface area contributed by atoms with Crippen molar-refractivity contribution in [1.29, 1.82) is 0 Å². The van der Waals surface area contributed by atoms with Crippen molar-refractivity contribution in [2.24, 2.45) is 0 Å². The number of aliphatic hydroxyl groups excluding tert-OH is 4. The highest BCUT2D eigenvalue weighted by Gasteiger charge is 2.13. The summed E-state index contributed by atoms with van der Waals surface area (Å²) in [7, 11) is 0. The molecule has 0 aliphatic heterocycles. The molecule has 0 aromatic rings. The molecule has 0 amide bonds. The van der Waals surface area contributed by atoms with E-state index in [1.165, 1.54) is 0 Å². The Morgan fingerprint density at radius 2 is 0.667 bits per heavy atom. The Bertz CT molecular complexity index is 138. The van der Waals surface area contributed by atoms with Crippen LogP contribution < -0.4 is 0 Å². The monoisotopic (exact) mass is 264 g/mol. The lowest BCUT2D eigenvalue weighted by molar-refractivity contribution is -0.0389. The predicted molar refractivity (Wildman–Crippen MR) is 70.0 cm³/mol. The molecule has 0 aromatic carbocycles. The predicted octanol–water partition coefficient (Wildman–Crippen LogP) is -0.965. The number of hydrogen-bond donors (Lipinski definition) is 4. The van der Waals surface area contributed by atoms with E-state index in [1.807, 2.05) is 0 Å². The van der Waals surface area contributed by atoms with Crippen LogP contribution in [-0.4, -0.2) is 83.1 Å². The Morgan fingerprint density at radius 3 is 0.833 bits per heavy atom. The summed E-state index contributed by atoms with van der Waals surface area (Å²) in [5.74, 6) is 0. The summed E-state index contributed by atoms with van der Waals surface area (Å²) in [6.07, 6.45) is 2.72. The van der Waals surface area contributed by atoms with E-state index in [2.05, 4.69) is 10.0 Å². The van der Waals surface area contributed by atoms with E-state index in [4.69, 9.17) is 20.4 Å². The molecule has 4 N–H and O–H groups in total. The zero-order valence-corrected chi connectivity index (χ0v) is 11.2. The van der Waals surface area contributed by atoms with Crippen LogP contribution in [0.25, 0.3) is 0 Å². The van der Waals surface area contributed by atoms with Crippen LogP contribution in [0.2, 0.25) is 0 Å². The molecule has 0 aromatic heterocycles. The van der Waals surface area contributed by atoms with Gasteiger partial charge >= 0.3 is 0 Å². The first-order chi connectivity index (χ1) is 8.79. The maximum absolute atomic E-state index is 8.90. The first-order valence-corrected chi connectivity index (χ1v) is 6.73. The van der Waals surface area contributed by atoms with Crippen LogP contribution in [0.1, 0.15) is 25.7 Å². The van der Waals surface area contributed by atoms with E-state index in [1.54, 1.807) is 0 Å². The Labute approximate surface area is 109 Å². The van der Waals surface area contributed by atoms with Crippen molar-refractivity contribution in [3.8, 4) is 0 Å². The minimum atomic E-state index is 0.142. The zero-order chi connectivity index (χ0) is 13.6. The third-order valence-electron chi connectivity index (χ3n) is 2.70. The van der Waals surface area contributed by atoms with Crippen molar-refractivity contribution in [3.05, 3.63) is 0 Å². The van der Waals surface area contributed by atoms with Gasteiger partial charge in [-0.1, -0.05) is 0 Å². The van der Waals surface area contributed by atoms with Crippen molar-refractivity contribution < 1.29 is 20.4 Å². The molecule has 6 heteroatoms. The quantitative estimate of drug-likeness (QED) is 0.320. The van der Waals surface area contributed by atoms with Gasteiger partial charge in [-0.2, -0.15) is 0 Å². The van der Waals surface area contributed by atoms with Crippen LogP contribution in [0.4, 0.5) is 0 Å². The Hall–Kier alpha value is -0.240. The molecule has 110 valence electrons. The lowest BCUT2D eigenvalue weighted by Crippen LogP contribution is -2.45. The maximum atomic E-state index is 8.90. The summed E-state index contributed by atoms with van der Waals surface area (Å²) in [4.78, 5) is 0. The minimum absolute atomic E-state index is 0.142. The zero-order valence-electron chi connectivity index (χ0n) is 11.2. The summed E-state index contributed by atoms with van der Waals surface area (Å²) >= 11 is 0. The van der Waals surface area contributed by atoms with E-state index < -0.39 is 0 Å². The largest absolute Gasteiger partial charge is 0.396 e. The van der Waals surface area contributed by atoms with Crippen molar-refractivity contribution in [2.45, 2.75) is 25.7 Å². The second-order valence-electron chi connectivity index (χ2n) is 4.22. The third kappa shape index (κ3) is 8.79. The van der Waals surface area contributed by atoms with Gasteiger partial charge in [0.15, 0.2) is 0 Å². The molecule has 0 heterocycles. The van der Waals surface area contributed by atoms with E-state index in [-0.39, 0.29) is 26.4 Å². The van der Waals surface area contributed by atoms with Crippen molar-refractivity contribution >= 4 is 0 Å². The van der Waals surface area contributed by atoms with Gasteiger partial charge < -0.3 is 20.4 Å². The van der Waals surface area contributed by atoms with Gasteiger partial charge in [0.1, 0.15) is 0 Å². The summed E-state index contributed by atoms with van der Waals surface area (Å²) in [5, 5.41) is 39.8. The first kappa shape index (κ1) is 17.8. The van der Waals surface area contributed by atoms with Crippen LogP contribution in [0, 0.1) is 0 Å². The number of hydrazine groups is 1. The van der Waals surface area contributed by atoms with Gasteiger partial charge in [-0.3, -0.25) is 0 Å². The summed E-state index contributed by atoms with van der Waals surface area (Å²) in [6.45, 7) is 3.49. The number of rotatable bonds is 13. The highest BCUT2D eigenvalue weighted by Crippen LogP contribution is 2.04. The molecule has 0 bridgehead atoms. The smallest absolute Gasteiger partial charge is 0.0443 e. The van der Waals surface area contributed by atoms with Gasteiger partial charge in [-0.25, -0.2) is 10.0 Å². The fourth-order valence-electron chi connectivity index (χ4n) is 1.80. The highest BCUT2D eigenvalue weighted by molar-refractivity contribution is 4.60. The van der Waals surface area contributed by atoms with Crippen molar-refractivity contribution in [3.63, 3.8) is 0 Å². The second-order valence-corrected chi connectivity index (χ2v) is 4.22. The first-order valence-electron chi connectivity index (χ1n) is 6.73. The average molecular weight is 264 g/mol. The number of aliphatic hydroxyl groups is 4. The van der Waals surface area contributed by atoms with E-state index in [9.17, 15) is 0 Å². The van der Waals surface area contributed by atoms with Crippen LogP contribution >= 0.6 is 0 Å². The molecule has 0 spiro atoms. The van der Waals surface area contributed by atoms with Crippen LogP contribution in [0.3, 0.4) is 0 Å². The number of nitrogens with zero attached hydrogens (tertiary/aromatic N) is 2. The molecule has 0 aliphatic rings.